The zero-order chi connectivity index (χ0) is 18.0. The maximum absolute atomic E-state index is 9.08. The fourth-order valence-corrected chi connectivity index (χ4v) is 0. The Kier molecular flexibility index (Phi) is 30.7. The second-order valence-electron chi connectivity index (χ2n) is 2.82. The molecule has 128 valence electrons. The van der Waals surface area contributed by atoms with E-state index in [-0.39, 0.29) is 91.0 Å². The van der Waals surface area contributed by atoms with Gasteiger partial charge in [0.1, 0.15) is 0 Å². The first-order valence-electron chi connectivity index (χ1n) is 3.63. The average molecular weight is 556 g/mol. The fourth-order valence-electron chi connectivity index (χ4n) is 0. The smallest absolute Gasteiger partial charge is 0.748 e. The molecular weight excluding hydrogens is 544 g/mol. The number of hydrogen-bond acceptors (Lipinski definition) is 12. The van der Waals surface area contributed by atoms with Gasteiger partial charge in [0.15, 0.2) is 0 Å². The summed E-state index contributed by atoms with van der Waals surface area (Å²) in [7, 11) is -15.7. The van der Waals surface area contributed by atoms with Crippen molar-refractivity contribution in [3.05, 3.63) is 0 Å². The molecule has 0 rings (SSSR count). The van der Waals surface area contributed by atoms with E-state index in [0.29, 0.717) is 25.0 Å². The molecule has 0 unspecified atom stereocenters. The Morgan fingerprint density at radius 1 is 0.409 bits per heavy atom. The van der Waals surface area contributed by atoms with Crippen molar-refractivity contribution < 1.29 is 51.9 Å². The quantitative estimate of drug-likeness (QED) is 0.205. The second-order valence-corrected chi connectivity index (χ2v) is 8.45. The molecule has 18 heteroatoms. The van der Waals surface area contributed by atoms with E-state index in [1.807, 2.05) is 0 Å². The van der Waals surface area contributed by atoms with Crippen molar-refractivity contribution in [1.82, 2.24) is 0 Å². The van der Waals surface area contributed by atoms with Crippen LogP contribution < -0.4 is 0 Å². The molecular formula is C4H12O12S4Sr2. The van der Waals surface area contributed by atoms with Crippen LogP contribution in [0.5, 0.6) is 0 Å². The summed E-state index contributed by atoms with van der Waals surface area (Å²) in [5.41, 5.74) is 0. The molecule has 0 aromatic carbocycles. The summed E-state index contributed by atoms with van der Waals surface area (Å²) < 4.78 is 109. The van der Waals surface area contributed by atoms with Crippen LogP contribution in [0.25, 0.3) is 0 Å². The molecule has 0 radical (unpaired) electrons. The molecule has 12 nitrogen and oxygen atoms in total. The summed E-state index contributed by atoms with van der Waals surface area (Å²) >= 11 is 0. The minimum atomic E-state index is -3.92. The van der Waals surface area contributed by atoms with Crippen LogP contribution in [0.1, 0.15) is 0 Å². The Morgan fingerprint density at radius 3 is 0.409 bits per heavy atom. The predicted molar refractivity (Wildman–Crippen MR) is 74.0 cm³/mol. The Morgan fingerprint density at radius 2 is 0.409 bits per heavy atom. The average Bonchev–Trinajstić information content (AvgIpc) is 1.62. The summed E-state index contributed by atoms with van der Waals surface area (Å²) in [5.74, 6) is 0. The maximum atomic E-state index is 9.08. The first-order valence-corrected chi connectivity index (χ1v) is 10.9. The third-order valence-electron chi connectivity index (χ3n) is 0. The van der Waals surface area contributed by atoms with Gasteiger partial charge in [-0.2, -0.15) is 0 Å². The Hall–Kier alpha value is 2.60. The minimum Gasteiger partial charge on any atom is -0.748 e. The van der Waals surface area contributed by atoms with E-state index in [1.165, 1.54) is 0 Å². The number of hydrogen-bond donors (Lipinski definition) is 0. The molecule has 0 saturated heterocycles. The standard InChI is InChI=1S/4CH4O3S.2Sr/c4*1-5(2,3)4;;/h4*1H3,(H,2,3,4);;/q;;;;2*+2/p-4. The van der Waals surface area contributed by atoms with Gasteiger partial charge in [0, 0.05) is 25.0 Å². The van der Waals surface area contributed by atoms with Gasteiger partial charge >= 0.3 is 91.0 Å². The monoisotopic (exact) mass is 556 g/mol. The van der Waals surface area contributed by atoms with Crippen LogP contribution in [-0.2, 0) is 40.5 Å². The van der Waals surface area contributed by atoms with Crippen molar-refractivity contribution in [3.63, 3.8) is 0 Å². The third-order valence-corrected chi connectivity index (χ3v) is 0. The zero-order valence-electron chi connectivity index (χ0n) is 11.9. The van der Waals surface area contributed by atoms with Crippen molar-refractivity contribution in [1.29, 1.82) is 0 Å². The van der Waals surface area contributed by atoms with Gasteiger partial charge in [-0.1, -0.05) is 0 Å². The van der Waals surface area contributed by atoms with E-state index in [2.05, 4.69) is 0 Å². The molecule has 0 saturated carbocycles. The van der Waals surface area contributed by atoms with Gasteiger partial charge in [0.2, 0.25) is 0 Å². The maximum Gasteiger partial charge on any atom is 2.00 e. The molecule has 0 aromatic rings. The van der Waals surface area contributed by atoms with Crippen LogP contribution in [-0.4, -0.2) is 168 Å². The van der Waals surface area contributed by atoms with Crippen molar-refractivity contribution >= 4 is 131 Å². The minimum absolute atomic E-state index is 0. The van der Waals surface area contributed by atoms with E-state index in [9.17, 15) is 0 Å². The van der Waals surface area contributed by atoms with Crippen molar-refractivity contribution in [2.75, 3.05) is 25.0 Å². The van der Waals surface area contributed by atoms with Crippen molar-refractivity contribution in [2.45, 2.75) is 0 Å². The molecule has 0 N–H and O–H groups in total. The second kappa shape index (κ2) is 17.0. The van der Waals surface area contributed by atoms with E-state index in [0.717, 1.165) is 0 Å². The molecule has 22 heavy (non-hydrogen) atoms. The molecule has 0 aliphatic carbocycles. The molecule has 0 atom stereocenters. The van der Waals surface area contributed by atoms with Gasteiger partial charge in [-0.25, -0.2) is 33.7 Å². The van der Waals surface area contributed by atoms with Crippen LogP contribution in [0.4, 0.5) is 0 Å². The van der Waals surface area contributed by atoms with E-state index in [1.54, 1.807) is 0 Å². The Balaban J connectivity index is -0.0000000376. The van der Waals surface area contributed by atoms with Crippen molar-refractivity contribution in [2.24, 2.45) is 0 Å². The molecule has 0 aliphatic rings. The molecule has 0 heterocycles. The Labute approximate surface area is 204 Å². The SMILES string of the molecule is CS(=O)(=O)[O-].CS(=O)(=O)[O-].CS(=O)(=O)[O-].CS(=O)(=O)[O-].[Sr+2].[Sr+2]. The molecule has 0 fully saturated rings. The van der Waals surface area contributed by atoms with Gasteiger partial charge in [-0.3, -0.25) is 0 Å². The van der Waals surface area contributed by atoms with Crippen LogP contribution in [0.15, 0.2) is 0 Å². The van der Waals surface area contributed by atoms with E-state index < -0.39 is 40.5 Å². The topological polar surface area (TPSA) is 229 Å². The van der Waals surface area contributed by atoms with Gasteiger partial charge < -0.3 is 18.2 Å². The molecule has 0 bridgehead atoms. The Bertz CT molecular complexity index is 490. The summed E-state index contributed by atoms with van der Waals surface area (Å²) in [6, 6.07) is 0. The molecule has 0 aliphatic heterocycles. The summed E-state index contributed by atoms with van der Waals surface area (Å²) in [6.45, 7) is 0. The number of rotatable bonds is 0. The normalized spacial score (nSPS) is 10.5. The third kappa shape index (κ3) is 1560. The summed E-state index contributed by atoms with van der Waals surface area (Å²) in [6.07, 6.45) is 2.42. The van der Waals surface area contributed by atoms with Gasteiger partial charge in [-0.05, 0) is 0 Å². The van der Waals surface area contributed by atoms with E-state index in [4.69, 9.17) is 51.9 Å². The first kappa shape index (κ1) is 39.6. The summed E-state index contributed by atoms with van der Waals surface area (Å²) in [4.78, 5) is 0. The van der Waals surface area contributed by atoms with Crippen LogP contribution in [0.2, 0.25) is 0 Å². The van der Waals surface area contributed by atoms with E-state index >= 15 is 0 Å². The van der Waals surface area contributed by atoms with Crippen LogP contribution in [0.3, 0.4) is 0 Å². The van der Waals surface area contributed by atoms with Crippen molar-refractivity contribution in [3.8, 4) is 0 Å². The fraction of sp³-hybridized carbons (Fsp3) is 1.00. The van der Waals surface area contributed by atoms with Gasteiger partial charge in [-0.15, -0.1) is 0 Å². The van der Waals surface area contributed by atoms with Crippen LogP contribution >= 0.6 is 0 Å². The molecule has 0 aromatic heterocycles. The zero-order valence-corrected chi connectivity index (χ0v) is 22.2. The largest absolute Gasteiger partial charge is 2.00 e. The summed E-state index contributed by atoms with van der Waals surface area (Å²) in [5, 5.41) is 0. The van der Waals surface area contributed by atoms with Crippen LogP contribution in [0, 0.1) is 0 Å². The molecule has 0 spiro atoms. The first-order chi connectivity index (χ1) is 8.00. The predicted octanol–water partition coefficient (Wildman–Crippen LogP) is -4.12. The van der Waals surface area contributed by atoms with Gasteiger partial charge in [0.25, 0.3) is 0 Å². The van der Waals surface area contributed by atoms with Gasteiger partial charge in [0.05, 0.1) is 40.5 Å². The molecule has 0 amide bonds.